The summed E-state index contributed by atoms with van der Waals surface area (Å²) < 4.78 is 27.1. The molecule has 0 saturated carbocycles. The van der Waals surface area contributed by atoms with Gasteiger partial charge in [-0.25, -0.2) is 13.4 Å². The lowest BCUT2D eigenvalue weighted by molar-refractivity contribution is 0.180. The van der Waals surface area contributed by atoms with Crippen molar-refractivity contribution in [2.75, 3.05) is 26.2 Å². The molecule has 2 aromatic rings. The van der Waals surface area contributed by atoms with Gasteiger partial charge in [0.2, 0.25) is 10.0 Å². The second-order valence-electron chi connectivity index (χ2n) is 6.18. The summed E-state index contributed by atoms with van der Waals surface area (Å²) >= 11 is 7.78. The summed E-state index contributed by atoms with van der Waals surface area (Å²) in [5.74, 6) is 0. The van der Waals surface area contributed by atoms with Crippen LogP contribution in [0, 0.1) is 6.92 Å². The van der Waals surface area contributed by atoms with Crippen molar-refractivity contribution < 1.29 is 8.42 Å². The van der Waals surface area contributed by atoms with E-state index in [0.29, 0.717) is 31.2 Å². The highest BCUT2D eigenvalue weighted by molar-refractivity contribution is 7.89. The second-order valence-corrected chi connectivity index (χ2v) is 9.47. The van der Waals surface area contributed by atoms with Gasteiger partial charge in [-0.15, -0.1) is 11.3 Å². The van der Waals surface area contributed by atoms with Gasteiger partial charge in [0.15, 0.2) is 0 Å². The van der Waals surface area contributed by atoms with Crippen LogP contribution < -0.4 is 0 Å². The summed E-state index contributed by atoms with van der Waals surface area (Å²) in [4.78, 5) is 7.11. The number of sulfonamides is 1. The first-order valence-corrected chi connectivity index (χ1v) is 11.0. The van der Waals surface area contributed by atoms with Crippen molar-refractivity contribution in [3.8, 4) is 0 Å². The van der Waals surface area contributed by atoms with Crippen molar-refractivity contribution in [2.45, 2.75) is 31.7 Å². The molecule has 0 spiro atoms. The minimum atomic E-state index is -3.49. The van der Waals surface area contributed by atoms with Gasteiger partial charge < -0.3 is 0 Å². The van der Waals surface area contributed by atoms with E-state index in [-0.39, 0.29) is 4.90 Å². The number of benzene rings is 1. The first-order chi connectivity index (χ1) is 11.9. The smallest absolute Gasteiger partial charge is 0.243 e. The molecule has 8 heteroatoms. The maximum absolute atomic E-state index is 12.8. The summed E-state index contributed by atoms with van der Waals surface area (Å²) in [6.45, 7) is 7.12. The molecule has 1 fully saturated rings. The summed E-state index contributed by atoms with van der Waals surface area (Å²) in [7, 11) is -3.49. The number of hydrogen-bond donors (Lipinski definition) is 0. The molecule has 2 heterocycles. The van der Waals surface area contributed by atoms with Gasteiger partial charge in [0.25, 0.3) is 0 Å². The lowest BCUT2D eigenvalue weighted by Crippen LogP contribution is -2.48. The van der Waals surface area contributed by atoms with Crippen LogP contribution in [0.25, 0.3) is 0 Å². The predicted molar refractivity (Wildman–Crippen MR) is 102 cm³/mol. The van der Waals surface area contributed by atoms with E-state index in [1.54, 1.807) is 33.8 Å². The predicted octanol–water partition coefficient (Wildman–Crippen LogP) is 3.17. The average Bonchev–Trinajstić information content (AvgIpc) is 3.05. The Hall–Kier alpha value is -0.990. The van der Waals surface area contributed by atoms with Gasteiger partial charge in [-0.05, 0) is 31.0 Å². The Bertz CT molecular complexity index is 843. The van der Waals surface area contributed by atoms with Crippen LogP contribution in [0.15, 0.2) is 28.5 Å². The van der Waals surface area contributed by atoms with Gasteiger partial charge in [0.05, 0.1) is 15.6 Å². The van der Waals surface area contributed by atoms with Crippen molar-refractivity contribution in [1.82, 2.24) is 14.2 Å². The first kappa shape index (κ1) is 18.8. The van der Waals surface area contributed by atoms with Gasteiger partial charge in [-0.1, -0.05) is 24.6 Å². The van der Waals surface area contributed by atoms with E-state index in [4.69, 9.17) is 11.6 Å². The van der Waals surface area contributed by atoms with E-state index < -0.39 is 10.0 Å². The highest BCUT2D eigenvalue weighted by atomic mass is 35.5. The molecule has 0 N–H and O–H groups in total. The monoisotopic (exact) mass is 399 g/mol. The number of thiazole rings is 1. The lowest BCUT2D eigenvalue weighted by Gasteiger charge is -2.33. The van der Waals surface area contributed by atoms with Crippen LogP contribution in [0.1, 0.15) is 23.2 Å². The van der Waals surface area contributed by atoms with Crippen molar-refractivity contribution >= 4 is 33.0 Å². The molecule has 1 saturated heterocycles. The van der Waals surface area contributed by atoms with Crippen LogP contribution in [0.4, 0.5) is 0 Å². The van der Waals surface area contributed by atoms with E-state index in [2.05, 4.69) is 22.2 Å². The molecule has 0 atom stereocenters. The molecule has 136 valence electrons. The van der Waals surface area contributed by atoms with E-state index >= 15 is 0 Å². The maximum atomic E-state index is 12.8. The lowest BCUT2D eigenvalue weighted by atomic mass is 10.2. The number of aryl methyl sites for hydroxylation is 2. The number of hydrogen-bond acceptors (Lipinski definition) is 5. The van der Waals surface area contributed by atoms with Crippen LogP contribution in [-0.2, 0) is 23.0 Å². The molecule has 0 bridgehead atoms. The molecule has 5 nitrogen and oxygen atoms in total. The quantitative estimate of drug-likeness (QED) is 0.774. The Morgan fingerprint density at radius 3 is 2.56 bits per heavy atom. The molecule has 0 unspecified atom stereocenters. The molecule has 3 rings (SSSR count). The average molecular weight is 400 g/mol. The van der Waals surface area contributed by atoms with Gasteiger partial charge in [-0.2, -0.15) is 4.31 Å². The van der Waals surface area contributed by atoms with Crippen molar-refractivity contribution in [3.05, 3.63) is 44.9 Å². The number of halogens is 1. The summed E-state index contributed by atoms with van der Waals surface area (Å²) in [6.07, 6.45) is 0.954. The zero-order valence-electron chi connectivity index (χ0n) is 14.4. The molecule has 0 aliphatic carbocycles. The fourth-order valence-electron chi connectivity index (χ4n) is 2.82. The second kappa shape index (κ2) is 7.72. The molecular weight excluding hydrogens is 378 g/mol. The molecule has 1 aromatic carbocycles. The van der Waals surface area contributed by atoms with Gasteiger partial charge in [0, 0.05) is 43.1 Å². The van der Waals surface area contributed by atoms with E-state index in [0.717, 1.165) is 29.2 Å². The standard InChI is InChI=1S/C17H22ClN3O2S2/c1-3-17-19-14(12-24-17)11-20-6-8-21(9-7-20)25(22,23)15-5-4-13(2)16(18)10-15/h4-5,10,12H,3,6-9,11H2,1-2H3. The van der Waals surface area contributed by atoms with E-state index in [9.17, 15) is 8.42 Å². The SMILES string of the molecule is CCc1nc(CN2CCN(S(=O)(=O)c3ccc(C)c(Cl)c3)CC2)cs1. The Balaban J connectivity index is 1.63. The maximum Gasteiger partial charge on any atom is 0.243 e. The van der Waals surface area contributed by atoms with Gasteiger partial charge >= 0.3 is 0 Å². The molecule has 1 aliphatic heterocycles. The normalized spacial score (nSPS) is 17.1. The zero-order valence-corrected chi connectivity index (χ0v) is 16.8. The Kier molecular flexibility index (Phi) is 5.80. The van der Waals surface area contributed by atoms with Crippen molar-refractivity contribution in [3.63, 3.8) is 0 Å². The zero-order chi connectivity index (χ0) is 18.0. The van der Waals surface area contributed by atoms with Gasteiger partial charge in [-0.3, -0.25) is 4.90 Å². The third kappa shape index (κ3) is 4.23. The topological polar surface area (TPSA) is 53.5 Å². The van der Waals surface area contributed by atoms with Crippen LogP contribution in [0.2, 0.25) is 5.02 Å². The van der Waals surface area contributed by atoms with E-state index in [1.165, 1.54) is 0 Å². The number of aromatic nitrogens is 1. The molecular formula is C17H22ClN3O2S2. The van der Waals surface area contributed by atoms with Crippen LogP contribution >= 0.6 is 22.9 Å². The number of piperazine rings is 1. The van der Waals surface area contributed by atoms with Crippen molar-refractivity contribution in [2.24, 2.45) is 0 Å². The minimum absolute atomic E-state index is 0.267. The molecule has 25 heavy (non-hydrogen) atoms. The van der Waals surface area contributed by atoms with Crippen molar-refractivity contribution in [1.29, 1.82) is 0 Å². The summed E-state index contributed by atoms with van der Waals surface area (Å²) in [6, 6.07) is 4.92. The number of rotatable bonds is 5. The molecule has 0 amide bonds. The third-order valence-electron chi connectivity index (χ3n) is 4.40. The molecule has 1 aromatic heterocycles. The highest BCUT2D eigenvalue weighted by Gasteiger charge is 2.29. The number of nitrogens with zero attached hydrogens (tertiary/aromatic N) is 3. The third-order valence-corrected chi connectivity index (χ3v) is 7.74. The Morgan fingerprint density at radius 2 is 1.96 bits per heavy atom. The van der Waals surface area contributed by atoms with Crippen LogP contribution in [-0.4, -0.2) is 48.8 Å². The molecule has 1 aliphatic rings. The van der Waals surface area contributed by atoms with E-state index in [1.807, 2.05) is 6.92 Å². The summed E-state index contributed by atoms with van der Waals surface area (Å²) in [5, 5.41) is 3.72. The van der Waals surface area contributed by atoms with Crippen LogP contribution in [0.5, 0.6) is 0 Å². The van der Waals surface area contributed by atoms with Gasteiger partial charge in [0.1, 0.15) is 0 Å². The summed E-state index contributed by atoms with van der Waals surface area (Å²) in [5.41, 5.74) is 1.95. The fourth-order valence-corrected chi connectivity index (χ4v) is 5.25. The minimum Gasteiger partial charge on any atom is -0.295 e. The van der Waals surface area contributed by atoms with Crippen LogP contribution in [0.3, 0.4) is 0 Å². The highest BCUT2D eigenvalue weighted by Crippen LogP contribution is 2.24. The largest absolute Gasteiger partial charge is 0.295 e. The molecule has 0 radical (unpaired) electrons. The fraction of sp³-hybridized carbons (Fsp3) is 0.471. The Morgan fingerprint density at radius 1 is 1.24 bits per heavy atom. The first-order valence-electron chi connectivity index (χ1n) is 8.32. The Labute approximate surface area is 158 Å².